The van der Waals surface area contributed by atoms with E-state index in [1.165, 1.54) is 26.4 Å². The Labute approximate surface area is 186 Å². The molecule has 0 aliphatic heterocycles. The fraction of sp³-hybridized carbons (Fsp3) is 0.120. The van der Waals surface area contributed by atoms with E-state index in [1.54, 1.807) is 49.6 Å². The van der Waals surface area contributed by atoms with Crippen molar-refractivity contribution in [2.75, 3.05) is 21.3 Å². The van der Waals surface area contributed by atoms with Crippen molar-refractivity contribution in [2.45, 2.75) is 0 Å². The lowest BCUT2D eigenvalue weighted by Gasteiger charge is -2.11. The first-order valence-electron chi connectivity index (χ1n) is 9.50. The normalized spacial score (nSPS) is 10.1. The highest BCUT2D eigenvalue weighted by molar-refractivity contribution is 6.12. The van der Waals surface area contributed by atoms with Crippen molar-refractivity contribution in [3.63, 3.8) is 0 Å². The third kappa shape index (κ3) is 6.37. The summed E-state index contributed by atoms with van der Waals surface area (Å²) in [6, 6.07) is 18.9. The number of rotatable bonds is 7. The topological polar surface area (TPSA) is 102 Å². The van der Waals surface area contributed by atoms with Crippen molar-refractivity contribution in [1.82, 2.24) is 0 Å². The molecule has 0 heterocycles. The number of hydrogen-bond donors (Lipinski definition) is 2. The first kappa shape index (κ1) is 24.0. The number of ether oxygens (including phenoxy) is 3. The molecule has 7 nitrogen and oxygen atoms in total. The number of carbonyl (C=O) groups is 2. The number of methoxy groups -OCH3 is 3. The van der Waals surface area contributed by atoms with Crippen LogP contribution in [0.2, 0.25) is 0 Å². The van der Waals surface area contributed by atoms with E-state index in [2.05, 4.69) is 0 Å². The van der Waals surface area contributed by atoms with Gasteiger partial charge in [-0.05, 0) is 12.1 Å². The number of aliphatic carboxylic acids is 1. The molecule has 0 saturated heterocycles. The van der Waals surface area contributed by atoms with Gasteiger partial charge in [0, 0.05) is 29.3 Å². The second-order valence-corrected chi connectivity index (χ2v) is 6.33. The fourth-order valence-corrected chi connectivity index (χ4v) is 2.78. The Morgan fingerprint density at radius 2 is 1.44 bits per heavy atom. The summed E-state index contributed by atoms with van der Waals surface area (Å²) >= 11 is 0. The Morgan fingerprint density at radius 3 is 2.03 bits per heavy atom. The van der Waals surface area contributed by atoms with E-state index >= 15 is 0 Å². The molecule has 0 saturated carbocycles. The lowest BCUT2D eigenvalue weighted by atomic mass is 10.0. The third-order valence-electron chi connectivity index (χ3n) is 4.32. The maximum absolute atomic E-state index is 12.4. The van der Waals surface area contributed by atoms with Gasteiger partial charge in [0.15, 0.2) is 0 Å². The van der Waals surface area contributed by atoms with Gasteiger partial charge in [-0.3, -0.25) is 4.79 Å². The predicted molar refractivity (Wildman–Crippen MR) is 121 cm³/mol. The number of hydrogen-bond acceptors (Lipinski definition) is 6. The summed E-state index contributed by atoms with van der Waals surface area (Å²) in [6.45, 7) is 0. The van der Waals surface area contributed by atoms with Crippen LogP contribution in [-0.4, -0.2) is 43.3 Å². The summed E-state index contributed by atoms with van der Waals surface area (Å²) < 4.78 is 15.2. The quantitative estimate of drug-likeness (QED) is 0.417. The lowest BCUT2D eigenvalue weighted by Crippen LogP contribution is -2.04. The highest BCUT2D eigenvalue weighted by Crippen LogP contribution is 2.34. The van der Waals surface area contributed by atoms with E-state index in [4.69, 9.17) is 19.3 Å². The molecule has 2 N–H and O–H groups in total. The second kappa shape index (κ2) is 11.8. The standard InChI is InChI=1S/C15H14O4.C10H10O3/c1-18-11-8-12(16)14(13(9-11)19-2)15(17)10-6-4-3-5-7-10;1-13-9-5-3-2-4-8(9)6-7-10(11)12/h3-9,16H,1-2H3;2-7H,1H3,(H,11,12). The van der Waals surface area contributed by atoms with Gasteiger partial charge in [-0.2, -0.15) is 0 Å². The Balaban J connectivity index is 0.000000244. The molecule has 3 aromatic rings. The zero-order valence-corrected chi connectivity index (χ0v) is 17.9. The maximum atomic E-state index is 12.4. The van der Waals surface area contributed by atoms with Gasteiger partial charge in [-0.25, -0.2) is 4.79 Å². The first-order valence-corrected chi connectivity index (χ1v) is 9.50. The minimum atomic E-state index is -0.967. The van der Waals surface area contributed by atoms with Crippen molar-refractivity contribution >= 4 is 17.8 Å². The van der Waals surface area contributed by atoms with Crippen LogP contribution in [0.1, 0.15) is 21.5 Å². The Morgan fingerprint density at radius 1 is 0.812 bits per heavy atom. The van der Waals surface area contributed by atoms with E-state index in [-0.39, 0.29) is 22.8 Å². The van der Waals surface area contributed by atoms with E-state index in [0.29, 0.717) is 17.1 Å². The highest BCUT2D eigenvalue weighted by Gasteiger charge is 2.20. The van der Waals surface area contributed by atoms with Gasteiger partial charge >= 0.3 is 5.97 Å². The van der Waals surface area contributed by atoms with Gasteiger partial charge in [0.1, 0.15) is 28.6 Å². The number of para-hydroxylation sites is 1. The summed E-state index contributed by atoms with van der Waals surface area (Å²) in [6.07, 6.45) is 2.58. The molecule has 0 fully saturated rings. The number of carboxylic acid groups (broad SMARTS) is 1. The average molecular weight is 436 g/mol. The molecule has 0 aliphatic carbocycles. The number of aromatic hydroxyl groups is 1. The van der Waals surface area contributed by atoms with Gasteiger partial charge in [0.25, 0.3) is 0 Å². The molecule has 0 aliphatic rings. The van der Waals surface area contributed by atoms with Gasteiger partial charge in [-0.1, -0.05) is 48.5 Å². The minimum Gasteiger partial charge on any atom is -0.507 e. The van der Waals surface area contributed by atoms with Gasteiger partial charge in [-0.15, -0.1) is 0 Å². The molecule has 0 unspecified atom stereocenters. The monoisotopic (exact) mass is 436 g/mol. The molecule has 0 bridgehead atoms. The smallest absolute Gasteiger partial charge is 0.328 e. The van der Waals surface area contributed by atoms with Gasteiger partial charge < -0.3 is 24.4 Å². The second-order valence-electron chi connectivity index (χ2n) is 6.33. The van der Waals surface area contributed by atoms with E-state index in [0.717, 1.165) is 11.6 Å². The van der Waals surface area contributed by atoms with Crippen LogP contribution >= 0.6 is 0 Å². The zero-order valence-electron chi connectivity index (χ0n) is 17.9. The Bertz CT molecular complexity index is 1090. The van der Waals surface area contributed by atoms with Crippen LogP contribution in [0.15, 0.2) is 72.8 Å². The number of benzene rings is 3. The van der Waals surface area contributed by atoms with Crippen molar-refractivity contribution in [3.05, 3.63) is 89.5 Å². The molecular weight excluding hydrogens is 412 g/mol. The Hall–Kier alpha value is -4.26. The molecule has 0 aromatic heterocycles. The third-order valence-corrected chi connectivity index (χ3v) is 4.32. The van der Waals surface area contributed by atoms with Crippen LogP contribution in [0.25, 0.3) is 6.08 Å². The summed E-state index contributed by atoms with van der Waals surface area (Å²) in [5.74, 6) is -0.0433. The number of ketones is 1. The molecule has 3 aromatic carbocycles. The molecular formula is C25H24O7. The fourth-order valence-electron chi connectivity index (χ4n) is 2.78. The minimum absolute atomic E-state index is 0.134. The average Bonchev–Trinajstić information content (AvgIpc) is 2.82. The first-order chi connectivity index (χ1) is 15.4. The summed E-state index contributed by atoms with van der Waals surface area (Å²) in [5.41, 5.74) is 1.38. The van der Waals surface area contributed by atoms with E-state index in [1.807, 2.05) is 18.2 Å². The molecule has 0 atom stereocenters. The summed E-state index contributed by atoms with van der Waals surface area (Å²) in [5, 5.41) is 18.4. The van der Waals surface area contributed by atoms with Crippen LogP contribution < -0.4 is 14.2 Å². The number of phenols is 1. The molecule has 0 spiro atoms. The Kier molecular flexibility index (Phi) is 8.86. The molecule has 7 heteroatoms. The van der Waals surface area contributed by atoms with E-state index in [9.17, 15) is 14.7 Å². The van der Waals surface area contributed by atoms with Crippen LogP contribution in [0, 0.1) is 0 Å². The zero-order chi connectivity index (χ0) is 23.5. The van der Waals surface area contributed by atoms with Crippen LogP contribution in [0.4, 0.5) is 0 Å². The molecule has 0 amide bonds. The van der Waals surface area contributed by atoms with Crippen molar-refractivity contribution in [2.24, 2.45) is 0 Å². The van der Waals surface area contributed by atoms with Crippen LogP contribution in [-0.2, 0) is 4.79 Å². The van der Waals surface area contributed by atoms with E-state index < -0.39 is 5.97 Å². The largest absolute Gasteiger partial charge is 0.507 e. The lowest BCUT2D eigenvalue weighted by molar-refractivity contribution is -0.131. The van der Waals surface area contributed by atoms with Crippen LogP contribution in [0.5, 0.6) is 23.0 Å². The predicted octanol–water partition coefficient (Wildman–Crippen LogP) is 4.43. The van der Waals surface area contributed by atoms with Crippen molar-refractivity contribution < 1.29 is 34.0 Å². The maximum Gasteiger partial charge on any atom is 0.328 e. The summed E-state index contributed by atoms with van der Waals surface area (Å²) in [7, 11) is 4.47. The molecule has 166 valence electrons. The number of phenolic OH excluding ortho intramolecular Hbond substituents is 1. The number of carboxylic acids is 1. The molecule has 0 radical (unpaired) electrons. The van der Waals surface area contributed by atoms with Gasteiger partial charge in [0.05, 0.1) is 21.3 Å². The molecule has 3 rings (SSSR count). The number of carbonyl (C=O) groups excluding carboxylic acids is 1. The van der Waals surface area contributed by atoms with Crippen LogP contribution in [0.3, 0.4) is 0 Å². The molecule has 32 heavy (non-hydrogen) atoms. The highest BCUT2D eigenvalue weighted by atomic mass is 16.5. The van der Waals surface area contributed by atoms with Crippen molar-refractivity contribution in [3.8, 4) is 23.0 Å². The SMILES string of the molecule is COc1cc(O)c(C(=O)c2ccccc2)c(OC)c1.COc1ccccc1C=CC(=O)O. The van der Waals surface area contributed by atoms with Gasteiger partial charge in [0.2, 0.25) is 5.78 Å². The van der Waals surface area contributed by atoms with Crippen molar-refractivity contribution in [1.29, 1.82) is 0 Å². The summed E-state index contributed by atoms with van der Waals surface area (Å²) in [4.78, 5) is 22.6.